The molecule has 3 N–H and O–H groups in total. The molecule has 0 saturated heterocycles. The summed E-state index contributed by atoms with van der Waals surface area (Å²) in [5.74, 6) is -3.17. The summed E-state index contributed by atoms with van der Waals surface area (Å²) in [7, 11) is 2.79. The van der Waals surface area contributed by atoms with E-state index in [2.05, 4.69) is 0 Å². The molecule has 0 radical (unpaired) electrons. The van der Waals surface area contributed by atoms with Crippen molar-refractivity contribution in [2.24, 2.45) is 0 Å². The van der Waals surface area contributed by atoms with Crippen LogP contribution in [0.15, 0.2) is 82.0 Å². The van der Waals surface area contributed by atoms with Gasteiger partial charge >= 0.3 is 5.97 Å². The van der Waals surface area contributed by atoms with Gasteiger partial charge in [0.25, 0.3) is 0 Å². The Bertz CT molecular complexity index is 1740. The number of fused-ring (bicyclic) bond motifs is 2. The van der Waals surface area contributed by atoms with Crippen LogP contribution < -0.4 is 10.2 Å². The zero-order valence-corrected chi connectivity index (χ0v) is 20.6. The number of methoxy groups -OCH3 is 2. The fourth-order valence-corrected chi connectivity index (χ4v) is 4.84. The third-order valence-corrected chi connectivity index (χ3v) is 6.65. The van der Waals surface area contributed by atoms with Crippen LogP contribution in [0, 0.1) is 0 Å². The van der Waals surface area contributed by atoms with Crippen molar-refractivity contribution in [1.29, 1.82) is 0 Å². The minimum atomic E-state index is -0.943. The topological polar surface area (TPSA) is 126 Å². The van der Waals surface area contributed by atoms with Crippen molar-refractivity contribution in [2.45, 2.75) is 12.3 Å². The Kier molecular flexibility index (Phi) is 6.38. The molecule has 8 heteroatoms. The van der Waals surface area contributed by atoms with E-state index in [1.807, 2.05) is 30.3 Å². The lowest BCUT2D eigenvalue weighted by atomic mass is 9.83. The molecule has 0 aliphatic rings. The first-order chi connectivity index (χ1) is 18.3. The van der Waals surface area contributed by atoms with Gasteiger partial charge in [0.1, 0.15) is 22.5 Å². The number of phenols is 3. The van der Waals surface area contributed by atoms with E-state index in [0.717, 1.165) is 5.39 Å². The smallest absolute Gasteiger partial charge is 0.306 e. The molecule has 0 spiro atoms. The standard InChI is InChI=1S/C30H24O8/c1-36-22-13-12-18(17-10-6-7-11-19(17)22)20(14-24(32)37-2)25-27(33)29(35)28(34)26-21(31)15-23(38-30(25)26)16-8-4-3-5-9-16/h3-13,15,20,33-35H,14H2,1-2H3. The third-order valence-electron chi connectivity index (χ3n) is 6.65. The number of carbonyl (C=O) groups excluding carboxylic acids is 1. The molecule has 1 unspecified atom stereocenters. The minimum Gasteiger partial charge on any atom is -0.504 e. The fraction of sp³-hybridized carbons (Fsp3) is 0.133. The number of ether oxygens (including phenoxy) is 2. The number of esters is 1. The van der Waals surface area contributed by atoms with Gasteiger partial charge in [0.15, 0.2) is 16.9 Å². The summed E-state index contributed by atoms with van der Waals surface area (Å²) in [6.45, 7) is 0. The van der Waals surface area contributed by atoms with Crippen molar-refractivity contribution >= 4 is 27.7 Å². The van der Waals surface area contributed by atoms with Gasteiger partial charge in [0, 0.05) is 28.5 Å². The van der Waals surface area contributed by atoms with Gasteiger partial charge in [-0.15, -0.1) is 0 Å². The lowest BCUT2D eigenvalue weighted by Gasteiger charge is -2.23. The van der Waals surface area contributed by atoms with E-state index < -0.39 is 34.6 Å². The van der Waals surface area contributed by atoms with Gasteiger partial charge in [-0.1, -0.05) is 60.7 Å². The fourth-order valence-electron chi connectivity index (χ4n) is 4.84. The van der Waals surface area contributed by atoms with Gasteiger partial charge in [-0.05, 0) is 17.0 Å². The van der Waals surface area contributed by atoms with Crippen LogP contribution in [-0.2, 0) is 9.53 Å². The van der Waals surface area contributed by atoms with Crippen LogP contribution in [0.4, 0.5) is 0 Å². The van der Waals surface area contributed by atoms with Crippen molar-refractivity contribution in [3.63, 3.8) is 0 Å². The first kappa shape index (κ1) is 24.7. The second-order valence-electron chi connectivity index (χ2n) is 8.74. The second kappa shape index (κ2) is 9.82. The Morgan fingerprint density at radius 2 is 1.55 bits per heavy atom. The normalized spacial score (nSPS) is 11.9. The maximum absolute atomic E-state index is 13.2. The van der Waals surface area contributed by atoms with Gasteiger partial charge in [-0.2, -0.15) is 0 Å². The quantitative estimate of drug-likeness (QED) is 0.203. The molecule has 8 nitrogen and oxygen atoms in total. The molecule has 1 aromatic heterocycles. The van der Waals surface area contributed by atoms with E-state index in [9.17, 15) is 24.9 Å². The predicted molar refractivity (Wildman–Crippen MR) is 142 cm³/mol. The minimum absolute atomic E-state index is 0.0362. The Hall–Kier alpha value is -4.98. The molecule has 0 amide bonds. The predicted octanol–water partition coefficient (Wildman–Crippen LogP) is 5.43. The Balaban J connectivity index is 1.90. The number of phenolic OH excluding ortho intramolecular Hbond substituents is 3. The van der Waals surface area contributed by atoms with Gasteiger partial charge < -0.3 is 29.2 Å². The summed E-state index contributed by atoms with van der Waals surface area (Å²) in [6.07, 6.45) is -0.265. The molecule has 1 heterocycles. The van der Waals surface area contributed by atoms with Crippen molar-refractivity contribution < 1.29 is 34.0 Å². The monoisotopic (exact) mass is 512 g/mol. The van der Waals surface area contributed by atoms with Gasteiger partial charge in [0.2, 0.25) is 5.75 Å². The molecular weight excluding hydrogens is 488 g/mol. The SMILES string of the molecule is COC(=O)CC(c1ccc(OC)c2ccccc12)c1c(O)c(O)c(O)c2c(=O)cc(-c3ccccc3)oc12. The summed E-state index contributed by atoms with van der Waals surface area (Å²) in [6, 6.07) is 20.9. The molecule has 192 valence electrons. The summed E-state index contributed by atoms with van der Waals surface area (Å²) in [4.78, 5) is 25.9. The lowest BCUT2D eigenvalue weighted by molar-refractivity contribution is -0.140. The maximum Gasteiger partial charge on any atom is 0.306 e. The largest absolute Gasteiger partial charge is 0.504 e. The second-order valence-corrected chi connectivity index (χ2v) is 8.74. The van der Waals surface area contributed by atoms with Crippen LogP contribution in [0.3, 0.4) is 0 Å². The molecule has 0 aliphatic heterocycles. The highest BCUT2D eigenvalue weighted by atomic mass is 16.5. The Morgan fingerprint density at radius 3 is 2.24 bits per heavy atom. The van der Waals surface area contributed by atoms with E-state index in [1.54, 1.807) is 43.5 Å². The first-order valence-corrected chi connectivity index (χ1v) is 11.8. The number of hydrogen-bond acceptors (Lipinski definition) is 8. The number of rotatable bonds is 6. The average Bonchev–Trinajstić information content (AvgIpc) is 2.95. The van der Waals surface area contributed by atoms with E-state index in [-0.39, 0.29) is 28.7 Å². The molecule has 0 saturated carbocycles. The van der Waals surface area contributed by atoms with E-state index in [4.69, 9.17) is 13.9 Å². The van der Waals surface area contributed by atoms with Gasteiger partial charge in [-0.25, -0.2) is 0 Å². The van der Waals surface area contributed by atoms with Crippen molar-refractivity contribution in [2.75, 3.05) is 14.2 Å². The van der Waals surface area contributed by atoms with Crippen molar-refractivity contribution in [1.82, 2.24) is 0 Å². The van der Waals surface area contributed by atoms with E-state index in [0.29, 0.717) is 22.3 Å². The highest BCUT2D eigenvalue weighted by Crippen LogP contribution is 2.50. The molecule has 0 fully saturated rings. The zero-order valence-electron chi connectivity index (χ0n) is 20.6. The average molecular weight is 513 g/mol. The molecule has 5 aromatic rings. The first-order valence-electron chi connectivity index (χ1n) is 11.8. The molecule has 1 atom stereocenters. The van der Waals surface area contributed by atoms with Crippen LogP contribution in [0.5, 0.6) is 23.0 Å². The van der Waals surface area contributed by atoms with Gasteiger partial charge in [-0.3, -0.25) is 9.59 Å². The van der Waals surface area contributed by atoms with Crippen molar-refractivity contribution in [3.8, 4) is 34.3 Å². The molecule has 5 rings (SSSR count). The molecule has 0 aliphatic carbocycles. The Morgan fingerprint density at radius 1 is 0.868 bits per heavy atom. The summed E-state index contributed by atoms with van der Waals surface area (Å²) < 4.78 is 16.6. The van der Waals surface area contributed by atoms with Crippen LogP contribution in [0.25, 0.3) is 33.1 Å². The summed E-state index contributed by atoms with van der Waals surface area (Å²) in [5.41, 5.74) is 0.351. The van der Waals surface area contributed by atoms with Crippen molar-refractivity contribution in [3.05, 3.63) is 94.1 Å². The lowest BCUT2D eigenvalue weighted by Crippen LogP contribution is -2.13. The van der Waals surface area contributed by atoms with Crippen LogP contribution >= 0.6 is 0 Å². The molecule has 0 bridgehead atoms. The highest BCUT2D eigenvalue weighted by molar-refractivity contribution is 5.96. The van der Waals surface area contributed by atoms with E-state index >= 15 is 0 Å². The number of benzene rings is 4. The number of hydrogen-bond donors (Lipinski definition) is 3. The number of aromatic hydroxyl groups is 3. The number of carbonyl (C=O) groups is 1. The van der Waals surface area contributed by atoms with Crippen LogP contribution in [0.1, 0.15) is 23.5 Å². The zero-order chi connectivity index (χ0) is 27.0. The van der Waals surface area contributed by atoms with Crippen LogP contribution in [0.2, 0.25) is 0 Å². The summed E-state index contributed by atoms with van der Waals surface area (Å²) >= 11 is 0. The summed E-state index contributed by atoms with van der Waals surface area (Å²) in [5, 5.41) is 33.6. The van der Waals surface area contributed by atoms with E-state index in [1.165, 1.54) is 13.2 Å². The molecular formula is C30H24O8. The third kappa shape index (κ3) is 4.06. The molecule has 4 aromatic carbocycles. The van der Waals surface area contributed by atoms with Gasteiger partial charge in [0.05, 0.1) is 20.6 Å². The molecule has 38 heavy (non-hydrogen) atoms. The highest BCUT2D eigenvalue weighted by Gasteiger charge is 2.32. The Labute approximate surface area is 216 Å². The maximum atomic E-state index is 13.2. The van der Waals surface area contributed by atoms with Crippen LogP contribution in [-0.4, -0.2) is 35.5 Å².